The van der Waals surface area contributed by atoms with Crippen molar-refractivity contribution in [3.63, 3.8) is 0 Å². The van der Waals surface area contributed by atoms with Gasteiger partial charge in [0.1, 0.15) is 0 Å². The number of hydrogen-bond acceptors (Lipinski definition) is 2. The smallest absolute Gasteiger partial charge is 0.0431 e. The Morgan fingerprint density at radius 3 is 0.897 bits per heavy atom. The molecule has 0 aliphatic heterocycles. The summed E-state index contributed by atoms with van der Waals surface area (Å²) in [5.41, 5.74) is 6.57. The molecule has 0 spiro atoms. The molecule has 39 heavy (non-hydrogen) atoms. The van der Waals surface area contributed by atoms with Crippen LogP contribution in [0.4, 0.5) is 0 Å². The van der Waals surface area contributed by atoms with Gasteiger partial charge >= 0.3 is 0 Å². The normalized spacial score (nSPS) is 12.5. The average Bonchev–Trinajstić information content (AvgIpc) is 2.89. The lowest BCUT2D eigenvalue weighted by molar-refractivity contribution is 0.267. The molecule has 0 saturated carbocycles. The van der Waals surface area contributed by atoms with Crippen molar-refractivity contribution in [2.24, 2.45) is 11.7 Å². The molecule has 0 rings (SSSR count). The Hall–Kier alpha value is 0.400. The van der Waals surface area contributed by atoms with Crippen LogP contribution in [-0.2, 0) is 0 Å². The van der Waals surface area contributed by atoms with E-state index in [0.717, 1.165) is 6.42 Å². The van der Waals surface area contributed by atoms with Crippen LogP contribution >= 0.6 is 17.0 Å². The molecule has 3 N–H and O–H groups in total. The van der Waals surface area contributed by atoms with Gasteiger partial charge in [-0.05, 0) is 39.0 Å². The van der Waals surface area contributed by atoms with Gasteiger partial charge in [-0.1, -0.05) is 180 Å². The molecule has 3 heteroatoms. The zero-order valence-corrected chi connectivity index (χ0v) is 29.1. The first kappa shape index (κ1) is 41.5. The van der Waals surface area contributed by atoms with Crippen LogP contribution in [0.3, 0.4) is 0 Å². The van der Waals surface area contributed by atoms with E-state index in [0.29, 0.717) is 12.5 Å². The quantitative estimate of drug-likeness (QED) is 0.0737. The Labute approximate surface area is 258 Å². The summed E-state index contributed by atoms with van der Waals surface area (Å²) in [6.07, 6.45) is 41.8. The third-order valence-corrected chi connectivity index (χ3v) is 8.92. The summed E-state index contributed by atoms with van der Waals surface area (Å²) in [6, 6.07) is 0. The van der Waals surface area contributed by atoms with Gasteiger partial charge in [-0.15, -0.1) is 17.0 Å². The summed E-state index contributed by atoms with van der Waals surface area (Å²) >= 11 is 0. The van der Waals surface area contributed by atoms with E-state index in [4.69, 9.17) is 10.8 Å². The highest BCUT2D eigenvalue weighted by atomic mass is 79.9. The van der Waals surface area contributed by atoms with Gasteiger partial charge in [0, 0.05) is 12.1 Å². The van der Waals surface area contributed by atoms with Crippen LogP contribution in [0.1, 0.15) is 213 Å². The SMILES string of the molecule is Br.CCCCCCCCCCCCCCCCC(CCCCCCCCCCCCCCCCO)C(C)(C)N. The molecule has 0 aromatic heterocycles. The largest absolute Gasteiger partial charge is 0.396 e. The molecule has 0 aromatic rings. The molecule has 0 aliphatic carbocycles. The molecule has 1 unspecified atom stereocenters. The molecule has 0 aliphatic rings. The van der Waals surface area contributed by atoms with Gasteiger partial charge in [0.15, 0.2) is 0 Å². The standard InChI is InChI=1S/C36H75NO.BrH/c1-4-5-6-7-8-9-10-11-14-17-20-23-26-29-32-35(36(2,3)37)33-30-27-24-21-18-15-12-13-16-19-22-25-28-31-34-38;/h35,38H,4-34,37H2,1-3H3;1H. The highest BCUT2D eigenvalue weighted by Gasteiger charge is 2.23. The van der Waals surface area contributed by atoms with Crippen molar-refractivity contribution in [1.82, 2.24) is 0 Å². The highest BCUT2D eigenvalue weighted by molar-refractivity contribution is 8.93. The number of rotatable bonds is 32. The van der Waals surface area contributed by atoms with Crippen LogP contribution in [0.5, 0.6) is 0 Å². The molecule has 1 atom stereocenters. The maximum Gasteiger partial charge on any atom is 0.0431 e. The summed E-state index contributed by atoms with van der Waals surface area (Å²) in [5.74, 6) is 0.698. The van der Waals surface area contributed by atoms with Crippen LogP contribution in [-0.4, -0.2) is 17.3 Å². The van der Waals surface area contributed by atoms with E-state index in [-0.39, 0.29) is 22.5 Å². The number of aliphatic hydroxyl groups excluding tert-OH is 1. The first-order valence-electron chi connectivity index (χ1n) is 17.9. The number of halogens is 1. The second kappa shape index (κ2) is 32.9. The minimum absolute atomic E-state index is 0. The van der Waals surface area contributed by atoms with Crippen molar-refractivity contribution >= 4 is 17.0 Å². The van der Waals surface area contributed by atoms with Crippen molar-refractivity contribution in [1.29, 1.82) is 0 Å². The van der Waals surface area contributed by atoms with E-state index >= 15 is 0 Å². The van der Waals surface area contributed by atoms with Crippen molar-refractivity contribution < 1.29 is 5.11 Å². The van der Waals surface area contributed by atoms with E-state index in [1.807, 2.05) is 0 Å². The lowest BCUT2D eigenvalue weighted by atomic mass is 9.80. The number of unbranched alkanes of at least 4 members (excludes halogenated alkanes) is 26. The first-order valence-corrected chi connectivity index (χ1v) is 17.9. The third kappa shape index (κ3) is 32.8. The van der Waals surface area contributed by atoms with Crippen LogP contribution in [0.2, 0.25) is 0 Å². The van der Waals surface area contributed by atoms with Crippen molar-refractivity contribution in [2.75, 3.05) is 6.61 Å². The molecule has 0 bridgehead atoms. The maximum atomic E-state index is 8.81. The Kier molecular flexibility index (Phi) is 35.0. The van der Waals surface area contributed by atoms with Gasteiger partial charge in [-0.2, -0.15) is 0 Å². The van der Waals surface area contributed by atoms with E-state index < -0.39 is 0 Å². The van der Waals surface area contributed by atoms with Gasteiger partial charge < -0.3 is 10.8 Å². The lowest BCUT2D eigenvalue weighted by Crippen LogP contribution is -2.40. The number of nitrogens with two attached hydrogens (primary N) is 1. The molecule has 0 aromatic carbocycles. The summed E-state index contributed by atoms with van der Waals surface area (Å²) in [6.45, 7) is 7.19. The van der Waals surface area contributed by atoms with Crippen molar-refractivity contribution in [3.8, 4) is 0 Å². The van der Waals surface area contributed by atoms with Crippen LogP contribution in [0.15, 0.2) is 0 Å². The van der Waals surface area contributed by atoms with Gasteiger partial charge in [-0.25, -0.2) is 0 Å². The van der Waals surface area contributed by atoms with Gasteiger partial charge in [0.2, 0.25) is 0 Å². The third-order valence-electron chi connectivity index (χ3n) is 8.92. The Morgan fingerprint density at radius 2 is 0.667 bits per heavy atom. The molecule has 0 amide bonds. The Morgan fingerprint density at radius 1 is 0.436 bits per heavy atom. The van der Waals surface area contributed by atoms with Crippen molar-refractivity contribution in [2.45, 2.75) is 219 Å². The zero-order valence-electron chi connectivity index (χ0n) is 27.4. The predicted octanol–water partition coefficient (Wildman–Crippen LogP) is 12.6. The average molecular weight is 619 g/mol. The minimum Gasteiger partial charge on any atom is -0.396 e. The van der Waals surface area contributed by atoms with Crippen LogP contribution in [0, 0.1) is 5.92 Å². The molecule has 2 nitrogen and oxygen atoms in total. The summed E-state index contributed by atoms with van der Waals surface area (Å²) in [4.78, 5) is 0. The lowest BCUT2D eigenvalue weighted by Gasteiger charge is -2.31. The summed E-state index contributed by atoms with van der Waals surface area (Å²) < 4.78 is 0. The van der Waals surface area contributed by atoms with E-state index in [1.165, 1.54) is 186 Å². The van der Waals surface area contributed by atoms with Crippen LogP contribution < -0.4 is 5.73 Å². The molecule has 0 saturated heterocycles. The van der Waals surface area contributed by atoms with Gasteiger partial charge in [-0.3, -0.25) is 0 Å². The highest BCUT2D eigenvalue weighted by Crippen LogP contribution is 2.27. The monoisotopic (exact) mass is 618 g/mol. The van der Waals surface area contributed by atoms with Crippen LogP contribution in [0.25, 0.3) is 0 Å². The molecule has 238 valence electrons. The minimum atomic E-state index is -0.0185. The molecular formula is C36H76BrNO. The fourth-order valence-electron chi connectivity index (χ4n) is 6.10. The Bertz CT molecular complexity index is 436. The molecule has 0 radical (unpaired) electrons. The van der Waals surface area contributed by atoms with E-state index in [1.54, 1.807) is 0 Å². The molecular weight excluding hydrogens is 542 g/mol. The van der Waals surface area contributed by atoms with Gasteiger partial charge in [0.25, 0.3) is 0 Å². The van der Waals surface area contributed by atoms with E-state index in [2.05, 4.69) is 20.8 Å². The number of hydrogen-bond donors (Lipinski definition) is 2. The second-order valence-electron chi connectivity index (χ2n) is 13.4. The maximum absolute atomic E-state index is 8.81. The molecule has 0 fully saturated rings. The first-order chi connectivity index (χ1) is 18.5. The van der Waals surface area contributed by atoms with Crippen molar-refractivity contribution in [3.05, 3.63) is 0 Å². The topological polar surface area (TPSA) is 46.2 Å². The summed E-state index contributed by atoms with van der Waals surface area (Å²) in [5, 5.41) is 8.81. The number of aliphatic hydroxyl groups is 1. The zero-order chi connectivity index (χ0) is 28.0. The predicted molar refractivity (Wildman–Crippen MR) is 183 cm³/mol. The summed E-state index contributed by atoms with van der Waals surface area (Å²) in [7, 11) is 0. The fourth-order valence-corrected chi connectivity index (χ4v) is 6.10. The van der Waals surface area contributed by atoms with E-state index in [9.17, 15) is 0 Å². The second-order valence-corrected chi connectivity index (χ2v) is 13.4. The molecule has 0 heterocycles. The van der Waals surface area contributed by atoms with Gasteiger partial charge in [0.05, 0.1) is 0 Å². The fraction of sp³-hybridized carbons (Fsp3) is 1.00. The Balaban J connectivity index is 0.